The van der Waals surface area contributed by atoms with Gasteiger partial charge in [-0.3, -0.25) is 9.48 Å². The lowest BCUT2D eigenvalue weighted by molar-refractivity contribution is -0.144. The van der Waals surface area contributed by atoms with Gasteiger partial charge in [-0.05, 0) is 12.1 Å². The summed E-state index contributed by atoms with van der Waals surface area (Å²) in [7, 11) is 2.80. The molecule has 27 heavy (non-hydrogen) atoms. The number of likely N-dealkylation sites (N-methyl/N-ethyl adjacent to an activating group) is 1. The van der Waals surface area contributed by atoms with E-state index in [0.29, 0.717) is 0 Å². The van der Waals surface area contributed by atoms with Crippen LogP contribution >= 0.6 is 12.2 Å². The van der Waals surface area contributed by atoms with E-state index >= 15 is 0 Å². The van der Waals surface area contributed by atoms with Crippen LogP contribution in [0.2, 0.25) is 0 Å². The largest absolute Gasteiger partial charge is 0.433 e. The number of rotatable bonds is 3. The highest BCUT2D eigenvalue weighted by Gasteiger charge is 2.47. The molecule has 1 fully saturated rings. The Morgan fingerprint density at radius 2 is 1.96 bits per heavy atom. The predicted octanol–water partition coefficient (Wildman–Crippen LogP) is 3.19. The molecule has 2 heterocycles. The summed E-state index contributed by atoms with van der Waals surface area (Å²) in [6, 6.07) is 5.55. The number of alkyl halides is 3. The third kappa shape index (κ3) is 3.53. The van der Waals surface area contributed by atoms with Crippen LogP contribution in [0.15, 0.2) is 30.5 Å². The van der Waals surface area contributed by atoms with Gasteiger partial charge < -0.3 is 10.2 Å². The van der Waals surface area contributed by atoms with Crippen molar-refractivity contribution in [2.24, 2.45) is 13.0 Å². The zero-order valence-corrected chi connectivity index (χ0v) is 15.2. The Hall–Kier alpha value is -2.49. The molecule has 1 aromatic carbocycles. The van der Waals surface area contributed by atoms with Crippen molar-refractivity contribution in [1.82, 2.24) is 14.7 Å². The third-order valence-corrected chi connectivity index (χ3v) is 5.13. The van der Waals surface area contributed by atoms with Gasteiger partial charge >= 0.3 is 6.18 Å². The Labute approximate surface area is 158 Å². The van der Waals surface area contributed by atoms with Crippen LogP contribution < -0.4 is 5.32 Å². The maximum absolute atomic E-state index is 13.8. The highest BCUT2D eigenvalue weighted by molar-refractivity contribution is 7.80. The number of aromatic nitrogens is 2. The summed E-state index contributed by atoms with van der Waals surface area (Å²) < 4.78 is 55.0. The lowest BCUT2D eigenvalue weighted by atomic mass is 9.88. The van der Waals surface area contributed by atoms with Crippen molar-refractivity contribution in [3.05, 3.63) is 47.5 Å². The summed E-state index contributed by atoms with van der Waals surface area (Å²) in [4.78, 5) is 14.5. The molecule has 0 spiro atoms. The van der Waals surface area contributed by atoms with Crippen LogP contribution in [0.4, 0.5) is 23.2 Å². The summed E-state index contributed by atoms with van der Waals surface area (Å²) in [5, 5.41) is 6.14. The van der Waals surface area contributed by atoms with Gasteiger partial charge in [0.2, 0.25) is 5.91 Å². The Bertz CT molecular complexity index is 895. The Balaban J connectivity index is 1.97. The van der Waals surface area contributed by atoms with E-state index in [1.807, 2.05) is 0 Å². The van der Waals surface area contributed by atoms with Crippen LogP contribution in [0, 0.1) is 11.7 Å². The molecule has 1 aliphatic rings. The number of thiocarbonyl (C=S) groups is 1. The fourth-order valence-corrected chi connectivity index (χ4v) is 3.66. The molecule has 1 aromatic heterocycles. The van der Waals surface area contributed by atoms with Crippen molar-refractivity contribution in [3.63, 3.8) is 0 Å². The number of nitrogens with one attached hydrogen (secondary N) is 1. The minimum atomic E-state index is -4.63. The van der Waals surface area contributed by atoms with Gasteiger partial charge in [0.15, 0.2) is 0 Å². The third-order valence-electron chi connectivity index (χ3n) is 4.56. The van der Waals surface area contributed by atoms with Gasteiger partial charge in [0.25, 0.3) is 0 Å². The van der Waals surface area contributed by atoms with Gasteiger partial charge in [-0.2, -0.15) is 18.3 Å². The van der Waals surface area contributed by atoms with E-state index < -0.39 is 35.4 Å². The number of benzene rings is 1. The molecule has 5 nitrogen and oxygen atoms in total. The second-order valence-electron chi connectivity index (χ2n) is 6.34. The predicted molar refractivity (Wildman–Crippen MR) is 94.7 cm³/mol. The summed E-state index contributed by atoms with van der Waals surface area (Å²) >= 11 is 5.27. The molecule has 0 radical (unpaired) electrons. The van der Waals surface area contributed by atoms with Gasteiger partial charge in [0.1, 0.15) is 11.5 Å². The Morgan fingerprint density at radius 1 is 1.30 bits per heavy atom. The smallest absolute Gasteiger partial charge is 0.368 e. The van der Waals surface area contributed by atoms with Crippen LogP contribution in [0.5, 0.6) is 0 Å². The number of aryl methyl sites for hydroxylation is 1. The maximum Gasteiger partial charge on any atom is 0.433 e. The van der Waals surface area contributed by atoms with Crippen molar-refractivity contribution in [1.29, 1.82) is 0 Å². The molecule has 2 aromatic rings. The highest BCUT2D eigenvalue weighted by Crippen LogP contribution is 2.41. The monoisotopic (exact) mass is 400 g/mol. The van der Waals surface area contributed by atoms with Gasteiger partial charge in [0.05, 0.1) is 22.8 Å². The molecule has 1 amide bonds. The summed E-state index contributed by atoms with van der Waals surface area (Å²) in [5.41, 5.74) is -1.08. The van der Waals surface area contributed by atoms with Crippen LogP contribution in [-0.2, 0) is 18.0 Å². The number of hydrogen-bond acceptors (Lipinski definition) is 3. The lowest BCUT2D eigenvalue weighted by Gasteiger charge is -2.19. The number of amides is 1. The number of carbonyl (C=O) groups excluding carboxylic acids is 1. The van der Waals surface area contributed by atoms with Crippen LogP contribution in [-0.4, -0.2) is 39.2 Å². The van der Waals surface area contributed by atoms with Gasteiger partial charge in [-0.15, -0.1) is 0 Å². The van der Waals surface area contributed by atoms with E-state index in [4.69, 9.17) is 12.2 Å². The van der Waals surface area contributed by atoms with E-state index in [-0.39, 0.29) is 22.8 Å². The zero-order chi connectivity index (χ0) is 19.9. The molecule has 1 saturated heterocycles. The number of hydrogen-bond donors (Lipinski definition) is 1. The first-order chi connectivity index (χ1) is 12.6. The van der Waals surface area contributed by atoms with Crippen LogP contribution in [0.25, 0.3) is 0 Å². The Morgan fingerprint density at radius 3 is 2.59 bits per heavy atom. The number of carbonyl (C=O) groups is 1. The second kappa shape index (κ2) is 6.91. The van der Waals surface area contributed by atoms with E-state index in [1.54, 1.807) is 11.9 Å². The molecular weight excluding hydrogens is 384 g/mol. The lowest BCUT2D eigenvalue weighted by Crippen LogP contribution is -2.32. The maximum atomic E-state index is 13.8. The topological polar surface area (TPSA) is 50.2 Å². The molecule has 0 bridgehead atoms. The second-order valence-corrected chi connectivity index (χ2v) is 6.76. The number of halogens is 4. The fraction of sp³-hybridized carbons (Fsp3) is 0.353. The molecule has 0 saturated carbocycles. The molecule has 1 N–H and O–H groups in total. The number of para-hydroxylation sites is 1. The van der Waals surface area contributed by atoms with Crippen molar-refractivity contribution >= 4 is 28.8 Å². The van der Waals surface area contributed by atoms with Gasteiger partial charge in [-0.25, -0.2) is 4.39 Å². The first-order valence-corrected chi connectivity index (χ1v) is 8.41. The summed E-state index contributed by atoms with van der Waals surface area (Å²) in [6.07, 6.45) is -3.52. The van der Waals surface area contributed by atoms with Crippen molar-refractivity contribution < 1.29 is 22.4 Å². The quantitative estimate of drug-likeness (QED) is 0.635. The number of anilines is 1. The van der Waals surface area contributed by atoms with Gasteiger partial charge in [0, 0.05) is 32.1 Å². The normalized spacial score (nSPS) is 20.2. The number of likely N-dealkylation sites (tertiary alicyclic amines) is 1. The molecule has 2 atom stereocenters. The molecule has 3 rings (SSSR count). The summed E-state index contributed by atoms with van der Waals surface area (Å²) in [6.45, 7) is 0.128. The van der Waals surface area contributed by atoms with Crippen molar-refractivity contribution in [3.8, 4) is 0 Å². The molecule has 0 unspecified atom stereocenters. The fourth-order valence-electron chi connectivity index (χ4n) is 3.32. The summed E-state index contributed by atoms with van der Waals surface area (Å²) in [5.74, 6) is -3.19. The standard InChI is InChI=1S/C17H16F4N4OS/c1-24-8-10(9-7-22-25(2)14(9)17(19,20)21)13(16(24)27)15(26)23-12-6-4-3-5-11(12)18/h3-7,10,13H,8H2,1-2H3,(H,23,26)/t10-,13+/m1/s1. The Kier molecular flexibility index (Phi) is 4.94. The van der Waals surface area contributed by atoms with Crippen molar-refractivity contribution in [2.75, 3.05) is 18.9 Å². The average Bonchev–Trinajstić information content (AvgIpc) is 3.10. The zero-order valence-electron chi connectivity index (χ0n) is 14.4. The highest BCUT2D eigenvalue weighted by atomic mass is 32.1. The van der Waals surface area contributed by atoms with Crippen LogP contribution in [0.1, 0.15) is 17.2 Å². The van der Waals surface area contributed by atoms with Gasteiger partial charge in [-0.1, -0.05) is 24.4 Å². The van der Waals surface area contributed by atoms with E-state index in [9.17, 15) is 22.4 Å². The van der Waals surface area contributed by atoms with Crippen molar-refractivity contribution in [2.45, 2.75) is 12.1 Å². The SMILES string of the molecule is CN1C[C@H](c2cnn(C)c2C(F)(F)F)[C@@H](C(=O)Nc2ccccc2F)C1=S. The molecule has 0 aliphatic carbocycles. The van der Waals surface area contributed by atoms with E-state index in [0.717, 1.165) is 10.9 Å². The molecule has 10 heteroatoms. The van der Waals surface area contributed by atoms with E-state index in [1.165, 1.54) is 31.3 Å². The minimum absolute atomic E-state index is 0.0548. The average molecular weight is 400 g/mol. The number of nitrogens with zero attached hydrogens (tertiary/aromatic N) is 3. The molecule has 1 aliphatic heterocycles. The molecular formula is C17H16F4N4OS. The minimum Gasteiger partial charge on any atom is -0.368 e. The molecule has 144 valence electrons. The van der Waals surface area contributed by atoms with E-state index in [2.05, 4.69) is 10.4 Å². The first kappa shape index (κ1) is 19.3. The first-order valence-electron chi connectivity index (χ1n) is 8.00. The van der Waals surface area contributed by atoms with Crippen LogP contribution in [0.3, 0.4) is 0 Å².